The number of anilines is 2. The Kier molecular flexibility index (Phi) is 7.75. The number of amides is 2. The van der Waals surface area contributed by atoms with Crippen LogP contribution in [0.4, 0.5) is 11.5 Å². The van der Waals surface area contributed by atoms with Crippen LogP contribution < -0.4 is 10.2 Å². The first-order valence-corrected chi connectivity index (χ1v) is 12.9. The van der Waals surface area contributed by atoms with Crippen molar-refractivity contribution in [2.45, 2.75) is 31.3 Å². The molecule has 0 unspecified atom stereocenters. The van der Waals surface area contributed by atoms with Crippen LogP contribution in [0.3, 0.4) is 0 Å². The third kappa shape index (κ3) is 5.80. The summed E-state index contributed by atoms with van der Waals surface area (Å²) in [6.07, 6.45) is 3.70. The van der Waals surface area contributed by atoms with E-state index in [9.17, 15) is 9.59 Å². The summed E-state index contributed by atoms with van der Waals surface area (Å²) in [7, 11) is 1.59. The molecule has 0 bridgehead atoms. The van der Waals surface area contributed by atoms with E-state index in [-0.39, 0.29) is 17.7 Å². The monoisotopic (exact) mass is 499 g/mol. The summed E-state index contributed by atoms with van der Waals surface area (Å²) in [5, 5.41) is 11.2. The van der Waals surface area contributed by atoms with Gasteiger partial charge in [-0.2, -0.15) is 5.10 Å². The Morgan fingerprint density at radius 2 is 1.70 bits per heavy atom. The van der Waals surface area contributed by atoms with Crippen LogP contribution in [-0.4, -0.2) is 60.2 Å². The maximum Gasteiger partial charge on any atom is 0.256 e. The van der Waals surface area contributed by atoms with Crippen molar-refractivity contribution in [3.63, 3.8) is 0 Å². The molecule has 2 saturated heterocycles. The fourth-order valence-electron chi connectivity index (χ4n) is 5.33. The number of benzene rings is 2. The summed E-state index contributed by atoms with van der Waals surface area (Å²) in [4.78, 5) is 29.9. The van der Waals surface area contributed by atoms with Crippen LogP contribution in [0.5, 0.6) is 0 Å². The van der Waals surface area contributed by atoms with Crippen molar-refractivity contribution in [1.82, 2.24) is 15.1 Å². The molecule has 3 aromatic rings. The van der Waals surface area contributed by atoms with E-state index in [1.165, 1.54) is 5.56 Å². The fraction of sp³-hybridized carbons (Fsp3) is 0.379. The number of nitrogens with one attached hydrogen (secondary N) is 1. The predicted octanol–water partition coefficient (Wildman–Crippen LogP) is 4.04. The second-order valence-electron chi connectivity index (χ2n) is 9.75. The summed E-state index contributed by atoms with van der Waals surface area (Å²) in [5.41, 5.74) is 2.94. The van der Waals surface area contributed by atoms with Gasteiger partial charge in [0.05, 0.1) is 5.92 Å². The lowest BCUT2D eigenvalue weighted by Gasteiger charge is -2.34. The third-order valence-electron chi connectivity index (χ3n) is 7.46. The van der Waals surface area contributed by atoms with E-state index in [0.29, 0.717) is 25.6 Å². The van der Waals surface area contributed by atoms with Crippen molar-refractivity contribution in [2.75, 3.05) is 43.5 Å². The smallest absolute Gasteiger partial charge is 0.256 e. The topological polar surface area (TPSA) is 87.7 Å². The molecule has 8 heteroatoms. The van der Waals surface area contributed by atoms with Crippen LogP contribution in [0, 0.1) is 5.92 Å². The Bertz CT molecular complexity index is 1180. The number of aromatic nitrogens is 2. The standard InChI is InChI=1S/C29H33N5O3/c1-37-27(23-6-3-2-4-7-23)29(36)33-17-13-22(14-18-33)21-9-11-25(12-10-21)31-28(35)24-15-19-34(20-24)26-8-5-16-30-32-26/h2-12,16,22,24,27H,13-15,17-20H2,1H3,(H,31,35)/t24-,27-/m0/s1. The number of ether oxygens (including phenoxy) is 1. The molecule has 2 fully saturated rings. The van der Waals surface area contributed by atoms with E-state index < -0.39 is 6.10 Å². The van der Waals surface area contributed by atoms with Gasteiger partial charge >= 0.3 is 0 Å². The van der Waals surface area contributed by atoms with Crippen LogP contribution in [0.1, 0.15) is 42.4 Å². The van der Waals surface area contributed by atoms with Gasteiger partial charge in [-0.1, -0.05) is 42.5 Å². The van der Waals surface area contributed by atoms with Crippen LogP contribution in [0.15, 0.2) is 72.9 Å². The summed E-state index contributed by atoms with van der Waals surface area (Å²) in [6, 6.07) is 21.6. The Balaban J connectivity index is 1.12. The molecule has 2 aromatic carbocycles. The highest BCUT2D eigenvalue weighted by Crippen LogP contribution is 2.31. The molecule has 2 aliphatic rings. The van der Waals surface area contributed by atoms with Gasteiger partial charge < -0.3 is 19.9 Å². The Morgan fingerprint density at radius 1 is 0.946 bits per heavy atom. The first-order chi connectivity index (χ1) is 18.1. The molecule has 0 spiro atoms. The van der Waals surface area contributed by atoms with Crippen LogP contribution >= 0.6 is 0 Å². The summed E-state index contributed by atoms with van der Waals surface area (Å²) < 4.78 is 5.54. The van der Waals surface area contributed by atoms with Gasteiger partial charge in [0.25, 0.3) is 5.91 Å². The largest absolute Gasteiger partial charge is 0.367 e. The molecule has 1 N–H and O–H groups in total. The van der Waals surface area contributed by atoms with Crippen molar-refractivity contribution in [3.8, 4) is 0 Å². The number of hydrogen-bond acceptors (Lipinski definition) is 6. The maximum atomic E-state index is 13.1. The minimum absolute atomic E-state index is 0.0231. The maximum absolute atomic E-state index is 13.1. The number of rotatable bonds is 7. The van der Waals surface area contributed by atoms with Crippen LogP contribution in [0.25, 0.3) is 0 Å². The van der Waals surface area contributed by atoms with Crippen molar-refractivity contribution < 1.29 is 14.3 Å². The van der Waals surface area contributed by atoms with Crippen LogP contribution in [-0.2, 0) is 14.3 Å². The number of hydrogen-bond donors (Lipinski definition) is 1. The molecule has 8 nitrogen and oxygen atoms in total. The lowest BCUT2D eigenvalue weighted by molar-refractivity contribution is -0.143. The highest BCUT2D eigenvalue weighted by molar-refractivity contribution is 5.93. The van der Waals surface area contributed by atoms with Gasteiger partial charge in [0.2, 0.25) is 5.91 Å². The fourth-order valence-corrected chi connectivity index (χ4v) is 5.33. The number of carbonyl (C=O) groups excluding carboxylic acids is 2. The first-order valence-electron chi connectivity index (χ1n) is 12.9. The molecule has 2 amide bonds. The predicted molar refractivity (Wildman–Crippen MR) is 142 cm³/mol. The van der Waals surface area contributed by atoms with Gasteiger partial charge in [-0.05, 0) is 60.6 Å². The van der Waals surface area contributed by atoms with Gasteiger partial charge in [-0.25, -0.2) is 0 Å². The van der Waals surface area contributed by atoms with E-state index in [1.807, 2.05) is 59.5 Å². The van der Waals surface area contributed by atoms with Gasteiger partial charge in [-0.15, -0.1) is 5.10 Å². The van der Waals surface area contributed by atoms with Crippen LogP contribution in [0.2, 0.25) is 0 Å². The molecule has 2 atom stereocenters. The minimum atomic E-state index is -0.562. The quantitative estimate of drug-likeness (QED) is 0.528. The van der Waals surface area contributed by atoms with Crippen molar-refractivity contribution in [1.29, 1.82) is 0 Å². The number of carbonyl (C=O) groups is 2. The summed E-state index contributed by atoms with van der Waals surface area (Å²) >= 11 is 0. The minimum Gasteiger partial charge on any atom is -0.367 e. The molecule has 0 aliphatic carbocycles. The SMILES string of the molecule is CO[C@H](C(=O)N1CCC(c2ccc(NC(=O)[C@H]3CCN(c4cccnn4)C3)cc2)CC1)c1ccccc1. The first kappa shape index (κ1) is 24.9. The normalized spacial score (nSPS) is 19.0. The number of nitrogens with zero attached hydrogens (tertiary/aromatic N) is 4. The van der Waals surface area contributed by atoms with E-state index >= 15 is 0 Å². The number of likely N-dealkylation sites (tertiary alicyclic amines) is 1. The third-order valence-corrected chi connectivity index (χ3v) is 7.46. The molecule has 0 radical (unpaired) electrons. The molecule has 192 valence electrons. The summed E-state index contributed by atoms with van der Waals surface area (Å²) in [6.45, 7) is 2.86. The van der Waals surface area contributed by atoms with Gasteiger partial charge in [-0.3, -0.25) is 9.59 Å². The van der Waals surface area contributed by atoms with E-state index in [1.54, 1.807) is 13.3 Å². The average molecular weight is 500 g/mol. The van der Waals surface area contributed by atoms with Gasteiger partial charge in [0.1, 0.15) is 0 Å². The molecule has 2 aliphatic heterocycles. The molecule has 3 heterocycles. The zero-order valence-electron chi connectivity index (χ0n) is 21.1. The molecule has 0 saturated carbocycles. The Hall–Kier alpha value is -3.78. The second kappa shape index (κ2) is 11.5. The second-order valence-corrected chi connectivity index (χ2v) is 9.75. The lowest BCUT2D eigenvalue weighted by Crippen LogP contribution is -2.41. The molecular weight excluding hydrogens is 466 g/mol. The van der Waals surface area contributed by atoms with E-state index in [0.717, 1.165) is 42.9 Å². The highest BCUT2D eigenvalue weighted by Gasteiger charge is 2.31. The van der Waals surface area contributed by atoms with Gasteiger partial charge in [0, 0.05) is 45.2 Å². The van der Waals surface area contributed by atoms with Crippen molar-refractivity contribution >= 4 is 23.3 Å². The zero-order valence-corrected chi connectivity index (χ0v) is 21.1. The van der Waals surface area contributed by atoms with Crippen molar-refractivity contribution in [2.24, 2.45) is 5.92 Å². The summed E-state index contributed by atoms with van der Waals surface area (Å²) in [5.74, 6) is 1.19. The lowest BCUT2D eigenvalue weighted by atomic mass is 9.89. The molecular formula is C29H33N5O3. The van der Waals surface area contributed by atoms with Gasteiger partial charge in [0.15, 0.2) is 11.9 Å². The van der Waals surface area contributed by atoms with E-state index in [2.05, 4.69) is 32.5 Å². The molecule has 1 aromatic heterocycles. The molecule has 5 rings (SSSR count). The molecule has 37 heavy (non-hydrogen) atoms. The number of methoxy groups -OCH3 is 1. The Labute approximate surface area is 217 Å². The van der Waals surface area contributed by atoms with Crippen molar-refractivity contribution in [3.05, 3.63) is 84.1 Å². The number of piperidine rings is 1. The van der Waals surface area contributed by atoms with E-state index in [4.69, 9.17) is 4.74 Å². The highest BCUT2D eigenvalue weighted by atomic mass is 16.5. The zero-order chi connectivity index (χ0) is 25.6. The average Bonchev–Trinajstić information content (AvgIpc) is 3.46. The Morgan fingerprint density at radius 3 is 2.38 bits per heavy atom.